The zero-order valence-electron chi connectivity index (χ0n) is 25.9. The fourth-order valence-corrected chi connectivity index (χ4v) is 7.34. The molecule has 0 spiro atoms. The minimum Gasteiger partial charge on any atom is -0.507 e. The standard InChI is InChI=1S/C34H32ClN3O7S2/c1-19(2)12-13-43-24-10-8-20(16-26(24)42-3)29-28(30(39)21-9-11-25-27(17-21)45-15-14-44-25)31(40)32(41)38(29)33-36-37-34(47-33)46-18-22-6-4-5-7-23(22)35/h4-11,16-17,19,29,39H,12-15,18H2,1-3H3/b30-28+. The summed E-state index contributed by atoms with van der Waals surface area (Å²) in [4.78, 5) is 28.8. The van der Waals surface area contributed by atoms with Crippen LogP contribution in [0.3, 0.4) is 0 Å². The number of carbonyl (C=O) groups excluding carboxylic acids is 2. The van der Waals surface area contributed by atoms with Gasteiger partial charge in [-0.15, -0.1) is 10.2 Å². The minimum absolute atomic E-state index is 0.109. The number of rotatable bonds is 11. The van der Waals surface area contributed by atoms with Gasteiger partial charge in [0.05, 0.1) is 25.3 Å². The van der Waals surface area contributed by atoms with Gasteiger partial charge in [0.25, 0.3) is 5.78 Å². The topological polar surface area (TPSA) is 120 Å². The van der Waals surface area contributed by atoms with Crippen LogP contribution in [0.2, 0.25) is 5.02 Å². The van der Waals surface area contributed by atoms with E-state index in [2.05, 4.69) is 24.0 Å². The molecule has 0 bridgehead atoms. The Kier molecular flexibility index (Phi) is 9.90. The van der Waals surface area contributed by atoms with Gasteiger partial charge in [0.2, 0.25) is 5.13 Å². The number of methoxy groups -OCH3 is 1. The summed E-state index contributed by atoms with van der Waals surface area (Å²) in [6, 6.07) is 16.5. The lowest BCUT2D eigenvalue weighted by Gasteiger charge is -2.24. The molecule has 0 saturated carbocycles. The molecule has 1 atom stereocenters. The molecule has 6 rings (SSSR count). The van der Waals surface area contributed by atoms with E-state index in [0.717, 1.165) is 12.0 Å². The number of benzene rings is 3. The molecule has 2 aliphatic rings. The Morgan fingerprint density at radius 1 is 1.06 bits per heavy atom. The first-order chi connectivity index (χ1) is 22.7. The van der Waals surface area contributed by atoms with Gasteiger partial charge in [0.15, 0.2) is 27.3 Å². The molecule has 0 radical (unpaired) electrons. The molecule has 1 N–H and O–H groups in total. The molecule has 1 fully saturated rings. The Morgan fingerprint density at radius 2 is 1.85 bits per heavy atom. The number of nitrogens with zero attached hydrogens (tertiary/aromatic N) is 3. The van der Waals surface area contributed by atoms with Gasteiger partial charge in [0, 0.05) is 16.3 Å². The second-order valence-electron chi connectivity index (χ2n) is 11.2. The Hall–Kier alpha value is -4.26. The van der Waals surface area contributed by atoms with Crippen LogP contribution in [0.25, 0.3) is 5.76 Å². The predicted molar refractivity (Wildman–Crippen MR) is 181 cm³/mol. The first kappa shape index (κ1) is 32.7. The third kappa shape index (κ3) is 6.90. The van der Waals surface area contributed by atoms with E-state index in [-0.39, 0.29) is 16.5 Å². The van der Waals surface area contributed by atoms with Gasteiger partial charge in [-0.1, -0.05) is 72.8 Å². The average Bonchev–Trinajstić information content (AvgIpc) is 3.65. The number of carbonyl (C=O) groups is 2. The zero-order chi connectivity index (χ0) is 33.1. The van der Waals surface area contributed by atoms with Crippen LogP contribution >= 0.6 is 34.7 Å². The maximum absolute atomic E-state index is 13.8. The van der Waals surface area contributed by atoms with E-state index in [1.807, 2.05) is 24.3 Å². The van der Waals surface area contributed by atoms with Crippen molar-refractivity contribution in [3.63, 3.8) is 0 Å². The lowest BCUT2D eigenvalue weighted by Crippen LogP contribution is -2.29. The molecular formula is C34H32ClN3O7S2. The molecule has 244 valence electrons. The maximum Gasteiger partial charge on any atom is 0.301 e. The number of ether oxygens (including phenoxy) is 4. The largest absolute Gasteiger partial charge is 0.507 e. The molecule has 1 saturated heterocycles. The third-order valence-corrected chi connectivity index (χ3v) is 10.1. The molecule has 13 heteroatoms. The first-order valence-corrected chi connectivity index (χ1v) is 17.1. The Bertz CT molecular complexity index is 1840. The molecule has 4 aromatic rings. The summed E-state index contributed by atoms with van der Waals surface area (Å²) in [5.41, 5.74) is 1.63. The van der Waals surface area contributed by atoms with Gasteiger partial charge in [-0.3, -0.25) is 14.5 Å². The van der Waals surface area contributed by atoms with Gasteiger partial charge < -0.3 is 24.1 Å². The highest BCUT2D eigenvalue weighted by molar-refractivity contribution is 8.00. The SMILES string of the molecule is COc1cc(C2/C(=C(\O)c3ccc4c(c3)OCCO4)C(=O)C(=O)N2c2nnc(SCc3ccccc3Cl)s2)ccc1OCCC(C)C. The summed E-state index contributed by atoms with van der Waals surface area (Å²) in [7, 11) is 1.52. The quantitative estimate of drug-likeness (QED) is 0.0563. The van der Waals surface area contributed by atoms with Crippen LogP contribution < -0.4 is 23.8 Å². The van der Waals surface area contributed by atoms with Crippen molar-refractivity contribution in [2.24, 2.45) is 5.92 Å². The number of aliphatic hydroxyl groups excluding tert-OH is 1. The molecule has 10 nitrogen and oxygen atoms in total. The van der Waals surface area contributed by atoms with Crippen molar-refractivity contribution in [2.45, 2.75) is 36.4 Å². The normalized spacial score (nSPS) is 17.0. The summed E-state index contributed by atoms with van der Waals surface area (Å²) in [6.45, 7) is 5.48. The zero-order valence-corrected chi connectivity index (χ0v) is 28.3. The Morgan fingerprint density at radius 3 is 2.62 bits per heavy atom. The molecule has 3 aromatic carbocycles. The second kappa shape index (κ2) is 14.2. The highest BCUT2D eigenvalue weighted by Crippen LogP contribution is 2.46. The minimum atomic E-state index is -1.05. The number of hydrogen-bond donors (Lipinski definition) is 1. The smallest absolute Gasteiger partial charge is 0.301 e. The van der Waals surface area contributed by atoms with Crippen molar-refractivity contribution >= 4 is 57.3 Å². The number of ketones is 1. The summed E-state index contributed by atoms with van der Waals surface area (Å²) >= 11 is 8.92. The fourth-order valence-electron chi connectivity index (χ4n) is 5.18. The van der Waals surface area contributed by atoms with E-state index in [0.29, 0.717) is 75.0 Å². The van der Waals surface area contributed by atoms with Crippen LogP contribution in [0.1, 0.15) is 43.0 Å². The van der Waals surface area contributed by atoms with Gasteiger partial charge in [-0.25, -0.2) is 0 Å². The van der Waals surface area contributed by atoms with Gasteiger partial charge >= 0.3 is 5.91 Å². The summed E-state index contributed by atoms with van der Waals surface area (Å²) in [5.74, 6) is 0.832. The van der Waals surface area contributed by atoms with Crippen molar-refractivity contribution < 1.29 is 33.6 Å². The number of Topliss-reactive ketones (excluding diaryl/α,β-unsaturated/α-hetero) is 1. The van der Waals surface area contributed by atoms with E-state index in [1.165, 1.54) is 35.1 Å². The van der Waals surface area contributed by atoms with Crippen molar-refractivity contribution in [3.8, 4) is 23.0 Å². The highest BCUT2D eigenvalue weighted by atomic mass is 35.5. The summed E-state index contributed by atoms with van der Waals surface area (Å²) < 4.78 is 23.6. The molecule has 2 aliphatic heterocycles. The highest BCUT2D eigenvalue weighted by Gasteiger charge is 2.48. The lowest BCUT2D eigenvalue weighted by atomic mass is 9.95. The monoisotopic (exact) mass is 693 g/mol. The van der Waals surface area contributed by atoms with Crippen molar-refractivity contribution in [2.75, 3.05) is 31.8 Å². The molecule has 1 amide bonds. The van der Waals surface area contributed by atoms with Crippen molar-refractivity contribution in [1.82, 2.24) is 10.2 Å². The lowest BCUT2D eigenvalue weighted by molar-refractivity contribution is -0.132. The van der Waals surface area contributed by atoms with Crippen LogP contribution in [0.15, 0.2) is 70.6 Å². The number of thioether (sulfide) groups is 1. The molecule has 3 heterocycles. The predicted octanol–water partition coefficient (Wildman–Crippen LogP) is 7.31. The molecule has 0 aliphatic carbocycles. The Balaban J connectivity index is 1.40. The number of aliphatic hydroxyl groups is 1. The van der Waals surface area contributed by atoms with Crippen molar-refractivity contribution in [1.29, 1.82) is 0 Å². The van der Waals surface area contributed by atoms with E-state index in [1.54, 1.807) is 36.4 Å². The second-order valence-corrected chi connectivity index (χ2v) is 13.8. The van der Waals surface area contributed by atoms with E-state index < -0.39 is 17.7 Å². The van der Waals surface area contributed by atoms with Crippen LogP contribution in [-0.4, -0.2) is 53.9 Å². The van der Waals surface area contributed by atoms with Crippen LogP contribution in [-0.2, 0) is 15.3 Å². The average molecular weight is 694 g/mol. The molecule has 1 unspecified atom stereocenters. The number of aromatic nitrogens is 2. The van der Waals surface area contributed by atoms with Crippen LogP contribution in [0.5, 0.6) is 23.0 Å². The van der Waals surface area contributed by atoms with Gasteiger partial charge in [0.1, 0.15) is 19.0 Å². The van der Waals surface area contributed by atoms with E-state index in [9.17, 15) is 14.7 Å². The number of anilines is 1. The van der Waals surface area contributed by atoms with Gasteiger partial charge in [-0.05, 0) is 59.9 Å². The van der Waals surface area contributed by atoms with E-state index in [4.69, 9.17) is 30.5 Å². The Labute approximate surface area is 285 Å². The number of hydrogen-bond acceptors (Lipinski definition) is 11. The number of fused-ring (bicyclic) bond motifs is 1. The molecule has 1 aromatic heterocycles. The fraction of sp³-hybridized carbons (Fsp3) is 0.294. The van der Waals surface area contributed by atoms with Crippen LogP contribution in [0.4, 0.5) is 5.13 Å². The summed E-state index contributed by atoms with van der Waals surface area (Å²) in [5, 5.41) is 21.1. The maximum atomic E-state index is 13.8. The van der Waals surface area contributed by atoms with Crippen LogP contribution in [0, 0.1) is 5.92 Å². The summed E-state index contributed by atoms with van der Waals surface area (Å²) in [6.07, 6.45) is 0.856. The van der Waals surface area contributed by atoms with Gasteiger partial charge in [-0.2, -0.15) is 0 Å². The van der Waals surface area contributed by atoms with Crippen molar-refractivity contribution in [3.05, 3.63) is 87.9 Å². The molecular weight excluding hydrogens is 662 g/mol. The van der Waals surface area contributed by atoms with E-state index >= 15 is 0 Å². The first-order valence-electron chi connectivity index (χ1n) is 15.0. The number of amides is 1. The molecule has 47 heavy (non-hydrogen) atoms. The third-order valence-electron chi connectivity index (χ3n) is 7.63. The number of halogens is 1.